The molecule has 0 aromatic carbocycles. The Morgan fingerprint density at radius 2 is 2.25 bits per heavy atom. The van der Waals surface area contributed by atoms with Crippen LogP contribution in [0.5, 0.6) is 0 Å². The smallest absolute Gasteiger partial charge is 0.225 e. The van der Waals surface area contributed by atoms with Crippen LogP contribution in [0, 0.1) is 5.92 Å². The zero-order chi connectivity index (χ0) is 12.0. The number of likely N-dealkylation sites (tertiary alicyclic amines) is 1. The van der Waals surface area contributed by atoms with Crippen molar-refractivity contribution >= 4 is 5.91 Å². The second-order valence-electron chi connectivity index (χ2n) is 4.35. The maximum absolute atomic E-state index is 12.0. The summed E-state index contributed by atoms with van der Waals surface area (Å²) in [5.74, 6) is 0.396. The molecule has 1 rings (SSSR count). The molecule has 1 heterocycles. The summed E-state index contributed by atoms with van der Waals surface area (Å²) in [4.78, 5) is 16.6. The summed E-state index contributed by atoms with van der Waals surface area (Å²) in [6, 6.07) is -0.00219. The summed E-state index contributed by atoms with van der Waals surface area (Å²) in [6.07, 6.45) is 4.12. The lowest BCUT2D eigenvalue weighted by Crippen LogP contribution is -2.54. The van der Waals surface area contributed by atoms with Crippen molar-refractivity contribution < 1.29 is 4.79 Å². The van der Waals surface area contributed by atoms with Crippen LogP contribution in [-0.4, -0.2) is 29.9 Å². The molecular weight excluding hydrogens is 204 g/mol. The van der Waals surface area contributed by atoms with Crippen molar-refractivity contribution in [2.75, 3.05) is 13.1 Å². The van der Waals surface area contributed by atoms with E-state index >= 15 is 0 Å². The highest BCUT2D eigenvalue weighted by molar-refractivity contribution is 5.79. The molecule has 1 atom stereocenters. The van der Waals surface area contributed by atoms with Gasteiger partial charge >= 0.3 is 0 Å². The van der Waals surface area contributed by atoms with Crippen molar-refractivity contribution in [3.05, 3.63) is 10.4 Å². The third kappa shape index (κ3) is 3.14. The fraction of sp³-hybridized carbons (Fsp3) is 0.909. The van der Waals surface area contributed by atoms with Crippen LogP contribution in [0.15, 0.2) is 5.11 Å². The minimum atomic E-state index is -0.00219. The molecule has 1 aliphatic rings. The molecule has 16 heavy (non-hydrogen) atoms. The van der Waals surface area contributed by atoms with Crippen LogP contribution in [-0.2, 0) is 4.79 Å². The highest BCUT2D eigenvalue weighted by Gasteiger charge is 2.32. The fourth-order valence-corrected chi connectivity index (χ4v) is 1.99. The molecule has 0 saturated carbocycles. The van der Waals surface area contributed by atoms with Crippen LogP contribution in [0.3, 0.4) is 0 Å². The van der Waals surface area contributed by atoms with Gasteiger partial charge in [0.2, 0.25) is 5.91 Å². The van der Waals surface area contributed by atoms with E-state index in [1.165, 1.54) is 0 Å². The molecule has 90 valence electrons. The minimum absolute atomic E-state index is 0.00219. The Balaban J connectivity index is 2.36. The number of hydrogen-bond donors (Lipinski definition) is 0. The van der Waals surface area contributed by atoms with E-state index in [0.29, 0.717) is 13.1 Å². The minimum Gasteiger partial charge on any atom is -0.341 e. The summed E-state index contributed by atoms with van der Waals surface area (Å²) in [5, 5.41) is 3.60. The zero-order valence-electron chi connectivity index (χ0n) is 10.1. The van der Waals surface area contributed by atoms with Gasteiger partial charge in [0.05, 0.1) is 6.04 Å². The molecule has 0 bridgehead atoms. The van der Waals surface area contributed by atoms with Crippen LogP contribution in [0.1, 0.15) is 39.5 Å². The first-order valence-electron chi connectivity index (χ1n) is 6.05. The molecule has 0 spiro atoms. The lowest BCUT2D eigenvalue weighted by molar-refractivity contribution is -0.140. The lowest BCUT2D eigenvalue weighted by Gasteiger charge is -2.38. The van der Waals surface area contributed by atoms with E-state index in [-0.39, 0.29) is 17.9 Å². The van der Waals surface area contributed by atoms with E-state index < -0.39 is 0 Å². The van der Waals surface area contributed by atoms with Crippen LogP contribution in [0.2, 0.25) is 0 Å². The average molecular weight is 224 g/mol. The number of unbranched alkanes of at least 4 members (excludes halogenated alkanes) is 1. The Morgan fingerprint density at radius 1 is 1.56 bits per heavy atom. The van der Waals surface area contributed by atoms with E-state index in [2.05, 4.69) is 23.9 Å². The topological polar surface area (TPSA) is 69.1 Å². The summed E-state index contributed by atoms with van der Waals surface area (Å²) in [5.41, 5.74) is 8.25. The Kier molecular flexibility index (Phi) is 5.12. The zero-order valence-corrected chi connectivity index (χ0v) is 10.1. The Hall–Kier alpha value is -1.22. The van der Waals surface area contributed by atoms with Gasteiger partial charge in [0.15, 0.2) is 0 Å². The van der Waals surface area contributed by atoms with Crippen LogP contribution in [0.25, 0.3) is 10.4 Å². The first kappa shape index (κ1) is 12.8. The summed E-state index contributed by atoms with van der Waals surface area (Å²) < 4.78 is 0. The molecule has 0 aromatic heterocycles. The molecule has 1 saturated heterocycles. The van der Waals surface area contributed by atoms with E-state index in [4.69, 9.17) is 5.53 Å². The summed E-state index contributed by atoms with van der Waals surface area (Å²) in [7, 11) is 0. The second kappa shape index (κ2) is 6.38. The molecule has 1 aliphatic heterocycles. The van der Waals surface area contributed by atoms with Gasteiger partial charge in [-0.05, 0) is 18.4 Å². The van der Waals surface area contributed by atoms with Gasteiger partial charge < -0.3 is 4.90 Å². The van der Waals surface area contributed by atoms with Crippen LogP contribution >= 0.6 is 0 Å². The van der Waals surface area contributed by atoms with Gasteiger partial charge in [0.1, 0.15) is 0 Å². The predicted octanol–water partition coefficient (Wildman–Crippen LogP) is 2.72. The Bertz CT molecular complexity index is 280. The highest BCUT2D eigenvalue weighted by atomic mass is 16.2. The Morgan fingerprint density at radius 3 is 2.75 bits per heavy atom. The van der Waals surface area contributed by atoms with Gasteiger partial charge in [-0.2, -0.15) is 0 Å². The fourth-order valence-electron chi connectivity index (χ4n) is 1.99. The maximum atomic E-state index is 12.0. The molecule has 0 N–H and O–H groups in total. The van der Waals surface area contributed by atoms with Crippen molar-refractivity contribution in [3.8, 4) is 0 Å². The molecular formula is C11H20N4O. The summed E-state index contributed by atoms with van der Waals surface area (Å²) in [6.45, 7) is 5.40. The van der Waals surface area contributed by atoms with E-state index in [1.807, 2.05) is 4.90 Å². The number of azide groups is 1. The number of nitrogens with zero attached hydrogens (tertiary/aromatic N) is 4. The van der Waals surface area contributed by atoms with Crippen LogP contribution in [0.4, 0.5) is 0 Å². The van der Waals surface area contributed by atoms with Crippen molar-refractivity contribution in [1.29, 1.82) is 0 Å². The van der Waals surface area contributed by atoms with Gasteiger partial charge in [-0.3, -0.25) is 4.79 Å². The van der Waals surface area contributed by atoms with Crippen LogP contribution < -0.4 is 0 Å². The second-order valence-corrected chi connectivity index (χ2v) is 4.35. The molecule has 5 nitrogen and oxygen atoms in total. The average Bonchev–Trinajstić information content (AvgIpc) is 2.23. The van der Waals surface area contributed by atoms with Gasteiger partial charge in [0, 0.05) is 23.9 Å². The van der Waals surface area contributed by atoms with E-state index in [9.17, 15) is 4.79 Å². The monoisotopic (exact) mass is 224 g/mol. The van der Waals surface area contributed by atoms with Crippen molar-refractivity contribution in [2.45, 2.75) is 45.6 Å². The van der Waals surface area contributed by atoms with Gasteiger partial charge in [-0.25, -0.2) is 0 Å². The standard InChI is InChI=1S/C11H20N4O/c1-3-5-6-9(4-2)11(16)15-7-10(8-15)13-14-12/h9-10H,3-8H2,1-2H3/t9-/m1/s1. The number of amides is 1. The SMILES string of the molecule is CCCC[C@@H](CC)C(=O)N1CC(N=[N+]=[N-])C1. The third-order valence-electron chi connectivity index (χ3n) is 3.14. The number of rotatable bonds is 6. The normalized spacial score (nSPS) is 17.5. The molecule has 0 unspecified atom stereocenters. The van der Waals surface area contributed by atoms with Crippen molar-refractivity contribution in [3.63, 3.8) is 0 Å². The molecule has 1 amide bonds. The molecule has 0 radical (unpaired) electrons. The van der Waals surface area contributed by atoms with E-state index in [1.54, 1.807) is 0 Å². The molecule has 5 heteroatoms. The molecule has 0 aliphatic carbocycles. The van der Waals surface area contributed by atoms with Crippen molar-refractivity contribution in [2.24, 2.45) is 11.0 Å². The Labute approximate surface area is 96.4 Å². The van der Waals surface area contributed by atoms with Gasteiger partial charge in [-0.15, -0.1) is 0 Å². The number of carbonyl (C=O) groups is 1. The number of carbonyl (C=O) groups excluding carboxylic acids is 1. The summed E-state index contributed by atoms with van der Waals surface area (Å²) >= 11 is 0. The first-order valence-corrected chi connectivity index (χ1v) is 6.05. The number of hydrogen-bond acceptors (Lipinski definition) is 2. The van der Waals surface area contributed by atoms with Gasteiger partial charge in [0.25, 0.3) is 0 Å². The van der Waals surface area contributed by atoms with Crippen molar-refractivity contribution in [1.82, 2.24) is 4.90 Å². The molecule has 1 fully saturated rings. The quantitative estimate of drug-likeness (QED) is 0.388. The highest BCUT2D eigenvalue weighted by Crippen LogP contribution is 2.20. The third-order valence-corrected chi connectivity index (χ3v) is 3.14. The largest absolute Gasteiger partial charge is 0.341 e. The van der Waals surface area contributed by atoms with Gasteiger partial charge in [-0.1, -0.05) is 31.8 Å². The lowest BCUT2D eigenvalue weighted by atomic mass is 9.95. The maximum Gasteiger partial charge on any atom is 0.225 e. The molecule has 0 aromatic rings. The predicted molar refractivity (Wildman–Crippen MR) is 62.8 cm³/mol. The first-order chi connectivity index (χ1) is 7.72. The van der Waals surface area contributed by atoms with E-state index in [0.717, 1.165) is 25.7 Å².